The highest BCUT2D eigenvalue weighted by Crippen LogP contribution is 2.18. The van der Waals surface area contributed by atoms with Crippen molar-refractivity contribution in [3.8, 4) is 5.75 Å². The lowest BCUT2D eigenvalue weighted by molar-refractivity contribution is -0.122. The highest BCUT2D eigenvalue weighted by atomic mass is 16.5. The topological polar surface area (TPSA) is 41.6 Å². The van der Waals surface area contributed by atoms with Gasteiger partial charge in [-0.1, -0.05) is 42.5 Å². The normalized spacial score (nSPS) is 17.6. The summed E-state index contributed by atoms with van der Waals surface area (Å²) in [5.41, 5.74) is 2.29. The van der Waals surface area contributed by atoms with E-state index in [-0.39, 0.29) is 12.1 Å². The van der Waals surface area contributed by atoms with Gasteiger partial charge in [-0.2, -0.15) is 0 Å². The Kier molecular flexibility index (Phi) is 5.49. The number of likely N-dealkylation sites (tertiary alicyclic amines) is 1. The SMILES string of the molecule is COc1ccc(CC(=O)NC2CCCN2Cc2ccccc2)cc1. The molecule has 4 heteroatoms. The summed E-state index contributed by atoms with van der Waals surface area (Å²) in [6.07, 6.45) is 2.68. The molecular weight excluding hydrogens is 300 g/mol. The van der Waals surface area contributed by atoms with E-state index in [1.54, 1.807) is 7.11 Å². The van der Waals surface area contributed by atoms with Crippen LogP contribution < -0.4 is 10.1 Å². The molecule has 0 spiro atoms. The predicted octanol–water partition coefficient (Wildman–Crippen LogP) is 2.98. The minimum absolute atomic E-state index is 0.0742. The van der Waals surface area contributed by atoms with E-state index in [1.165, 1.54) is 5.56 Å². The van der Waals surface area contributed by atoms with Crippen LogP contribution in [0.15, 0.2) is 54.6 Å². The Morgan fingerprint density at radius 1 is 1.12 bits per heavy atom. The number of nitrogens with one attached hydrogen (secondary N) is 1. The number of carbonyl (C=O) groups excluding carboxylic acids is 1. The second-order valence-corrected chi connectivity index (χ2v) is 6.21. The average molecular weight is 324 g/mol. The summed E-state index contributed by atoms with van der Waals surface area (Å²) < 4.78 is 5.15. The summed E-state index contributed by atoms with van der Waals surface area (Å²) in [5, 5.41) is 3.18. The number of benzene rings is 2. The molecule has 1 aliphatic rings. The molecule has 1 unspecified atom stereocenters. The molecule has 1 fully saturated rings. The van der Waals surface area contributed by atoms with Crippen LogP contribution in [0.2, 0.25) is 0 Å². The molecule has 0 aromatic heterocycles. The van der Waals surface area contributed by atoms with E-state index in [1.807, 2.05) is 30.3 Å². The Morgan fingerprint density at radius 2 is 1.88 bits per heavy atom. The number of hydrogen-bond donors (Lipinski definition) is 1. The van der Waals surface area contributed by atoms with Crippen molar-refractivity contribution in [2.75, 3.05) is 13.7 Å². The molecule has 1 N–H and O–H groups in total. The first-order valence-corrected chi connectivity index (χ1v) is 8.45. The maximum Gasteiger partial charge on any atom is 0.225 e. The van der Waals surface area contributed by atoms with Gasteiger partial charge in [0.1, 0.15) is 5.75 Å². The van der Waals surface area contributed by atoms with Crippen LogP contribution in [0.25, 0.3) is 0 Å². The van der Waals surface area contributed by atoms with Crippen LogP contribution in [0.1, 0.15) is 24.0 Å². The van der Waals surface area contributed by atoms with Crippen molar-refractivity contribution in [2.24, 2.45) is 0 Å². The third-order valence-electron chi connectivity index (χ3n) is 4.44. The number of rotatable bonds is 6. The van der Waals surface area contributed by atoms with E-state index < -0.39 is 0 Å². The molecule has 2 aromatic rings. The summed E-state index contributed by atoms with van der Waals surface area (Å²) in [5.74, 6) is 0.883. The van der Waals surface area contributed by atoms with Crippen molar-refractivity contribution in [1.29, 1.82) is 0 Å². The molecule has 24 heavy (non-hydrogen) atoms. The first-order valence-electron chi connectivity index (χ1n) is 8.45. The van der Waals surface area contributed by atoms with Crippen molar-refractivity contribution in [3.05, 3.63) is 65.7 Å². The summed E-state index contributed by atoms with van der Waals surface area (Å²) in [4.78, 5) is 14.7. The van der Waals surface area contributed by atoms with Crippen molar-refractivity contribution < 1.29 is 9.53 Å². The van der Waals surface area contributed by atoms with Gasteiger partial charge in [0.15, 0.2) is 0 Å². The smallest absolute Gasteiger partial charge is 0.225 e. The number of ether oxygens (including phenoxy) is 1. The Labute approximate surface area is 143 Å². The molecule has 3 rings (SSSR count). The molecular formula is C20H24N2O2. The quantitative estimate of drug-likeness (QED) is 0.888. The van der Waals surface area contributed by atoms with E-state index in [0.29, 0.717) is 6.42 Å². The molecule has 1 amide bonds. The number of hydrogen-bond acceptors (Lipinski definition) is 3. The van der Waals surface area contributed by atoms with Crippen LogP contribution in [0, 0.1) is 0 Å². The molecule has 0 radical (unpaired) electrons. The van der Waals surface area contributed by atoms with Crippen LogP contribution in [-0.2, 0) is 17.8 Å². The molecule has 1 aliphatic heterocycles. The number of carbonyl (C=O) groups is 1. The Morgan fingerprint density at radius 3 is 2.58 bits per heavy atom. The van der Waals surface area contributed by atoms with Crippen molar-refractivity contribution in [1.82, 2.24) is 10.2 Å². The van der Waals surface area contributed by atoms with Crippen molar-refractivity contribution in [2.45, 2.75) is 32.0 Å². The Balaban J connectivity index is 1.54. The van der Waals surface area contributed by atoms with Gasteiger partial charge in [0.25, 0.3) is 0 Å². The lowest BCUT2D eigenvalue weighted by atomic mass is 10.1. The van der Waals surface area contributed by atoms with Crippen molar-refractivity contribution >= 4 is 5.91 Å². The van der Waals surface area contributed by atoms with Crippen LogP contribution >= 0.6 is 0 Å². The van der Waals surface area contributed by atoms with Gasteiger partial charge in [-0.15, -0.1) is 0 Å². The second-order valence-electron chi connectivity index (χ2n) is 6.21. The number of methoxy groups -OCH3 is 1. The lowest BCUT2D eigenvalue weighted by Crippen LogP contribution is -2.44. The van der Waals surface area contributed by atoms with Gasteiger partial charge in [0.2, 0.25) is 5.91 Å². The zero-order chi connectivity index (χ0) is 16.8. The van der Waals surface area contributed by atoms with E-state index in [4.69, 9.17) is 4.74 Å². The Bertz CT molecular complexity index is 655. The Hall–Kier alpha value is -2.33. The summed E-state index contributed by atoms with van der Waals surface area (Å²) >= 11 is 0. The summed E-state index contributed by atoms with van der Waals surface area (Å²) in [6, 6.07) is 18.1. The number of amides is 1. The molecule has 1 heterocycles. The van der Waals surface area contributed by atoms with Crippen LogP contribution in [0.4, 0.5) is 0 Å². The minimum atomic E-state index is 0.0742. The fourth-order valence-electron chi connectivity index (χ4n) is 3.16. The van der Waals surface area contributed by atoms with Gasteiger partial charge in [-0.25, -0.2) is 0 Å². The van der Waals surface area contributed by atoms with Gasteiger partial charge >= 0.3 is 0 Å². The van der Waals surface area contributed by atoms with Gasteiger partial charge < -0.3 is 10.1 Å². The lowest BCUT2D eigenvalue weighted by Gasteiger charge is -2.25. The van der Waals surface area contributed by atoms with Gasteiger partial charge in [0.05, 0.1) is 19.7 Å². The van der Waals surface area contributed by atoms with Gasteiger partial charge in [-0.3, -0.25) is 9.69 Å². The van der Waals surface area contributed by atoms with Gasteiger partial charge in [0, 0.05) is 13.1 Å². The molecule has 1 atom stereocenters. The van der Waals surface area contributed by atoms with Gasteiger partial charge in [-0.05, 0) is 36.1 Å². The molecule has 0 aliphatic carbocycles. The minimum Gasteiger partial charge on any atom is -0.497 e. The molecule has 0 saturated carbocycles. The third kappa shape index (κ3) is 4.36. The van der Waals surface area contributed by atoms with Crippen LogP contribution in [0.3, 0.4) is 0 Å². The standard InChI is InChI=1S/C20H24N2O2/c1-24-18-11-9-16(10-12-18)14-20(23)21-19-8-5-13-22(19)15-17-6-3-2-4-7-17/h2-4,6-7,9-12,19H,5,8,13-15H2,1H3,(H,21,23). The fourth-order valence-corrected chi connectivity index (χ4v) is 3.16. The predicted molar refractivity (Wildman–Crippen MR) is 94.7 cm³/mol. The second kappa shape index (κ2) is 7.97. The zero-order valence-electron chi connectivity index (χ0n) is 14.1. The van der Waals surface area contributed by atoms with E-state index in [2.05, 4.69) is 34.5 Å². The molecule has 1 saturated heterocycles. The fraction of sp³-hybridized carbons (Fsp3) is 0.350. The maximum atomic E-state index is 12.4. The monoisotopic (exact) mass is 324 g/mol. The molecule has 126 valence electrons. The largest absolute Gasteiger partial charge is 0.497 e. The molecule has 4 nitrogen and oxygen atoms in total. The summed E-state index contributed by atoms with van der Waals surface area (Å²) in [7, 11) is 1.64. The summed E-state index contributed by atoms with van der Waals surface area (Å²) in [6.45, 7) is 1.91. The average Bonchev–Trinajstić information content (AvgIpc) is 3.03. The zero-order valence-corrected chi connectivity index (χ0v) is 14.1. The number of nitrogens with zero attached hydrogens (tertiary/aromatic N) is 1. The highest BCUT2D eigenvalue weighted by Gasteiger charge is 2.25. The van der Waals surface area contributed by atoms with Crippen LogP contribution in [-0.4, -0.2) is 30.6 Å². The van der Waals surface area contributed by atoms with E-state index >= 15 is 0 Å². The van der Waals surface area contributed by atoms with Crippen LogP contribution in [0.5, 0.6) is 5.75 Å². The van der Waals surface area contributed by atoms with E-state index in [0.717, 1.165) is 37.2 Å². The highest BCUT2D eigenvalue weighted by molar-refractivity contribution is 5.78. The molecule has 0 bridgehead atoms. The third-order valence-corrected chi connectivity index (χ3v) is 4.44. The first kappa shape index (κ1) is 16.5. The van der Waals surface area contributed by atoms with Crippen molar-refractivity contribution in [3.63, 3.8) is 0 Å². The molecule has 2 aromatic carbocycles. The van der Waals surface area contributed by atoms with E-state index in [9.17, 15) is 4.79 Å². The first-order chi connectivity index (χ1) is 11.7. The maximum absolute atomic E-state index is 12.4.